The fraction of sp³-hybridized carbons (Fsp3) is 0.200. The van der Waals surface area contributed by atoms with E-state index in [9.17, 15) is 17.6 Å². The molecule has 0 radical (unpaired) electrons. The number of nitrogens with zero attached hydrogens (tertiary/aromatic N) is 3. The minimum Gasteiger partial charge on any atom is -0.487 e. The molecule has 2 heterocycles. The van der Waals surface area contributed by atoms with E-state index in [1.54, 1.807) is 48.5 Å². The lowest BCUT2D eigenvalue weighted by atomic mass is 10.2. The second-order valence-corrected chi connectivity index (χ2v) is 9.79. The van der Waals surface area contributed by atoms with Crippen molar-refractivity contribution >= 4 is 34.0 Å². The number of fused-ring (bicyclic) bond motifs is 1. The molecule has 0 saturated heterocycles. The average molecular weight is 600 g/mol. The summed E-state index contributed by atoms with van der Waals surface area (Å²) < 4.78 is 67.0. The van der Waals surface area contributed by atoms with E-state index < -0.39 is 11.7 Å². The molecular formula is C30H26ClF4N5O2. The number of hydrogen-bond donors (Lipinski definition) is 2. The van der Waals surface area contributed by atoms with Crippen molar-refractivity contribution < 1.29 is 27.0 Å². The van der Waals surface area contributed by atoms with Crippen LogP contribution in [-0.2, 0) is 24.1 Å². The van der Waals surface area contributed by atoms with Gasteiger partial charge in [0, 0.05) is 49.4 Å². The fourth-order valence-corrected chi connectivity index (χ4v) is 4.60. The van der Waals surface area contributed by atoms with Gasteiger partial charge in [-0.3, -0.25) is 0 Å². The topological polar surface area (TPSA) is 73.2 Å². The Morgan fingerprint density at radius 2 is 1.86 bits per heavy atom. The minimum absolute atomic E-state index is 0.0391. The highest BCUT2D eigenvalue weighted by Crippen LogP contribution is 2.35. The van der Waals surface area contributed by atoms with Gasteiger partial charge in [0.25, 0.3) is 0 Å². The van der Waals surface area contributed by atoms with Crippen molar-refractivity contribution in [3.05, 3.63) is 107 Å². The van der Waals surface area contributed by atoms with Crippen molar-refractivity contribution in [3.63, 3.8) is 0 Å². The van der Waals surface area contributed by atoms with Crippen molar-refractivity contribution in [1.82, 2.24) is 19.9 Å². The Kier molecular flexibility index (Phi) is 8.91. The molecule has 0 unspecified atom stereocenters. The van der Waals surface area contributed by atoms with Crippen molar-refractivity contribution in [2.24, 2.45) is 0 Å². The van der Waals surface area contributed by atoms with E-state index in [-0.39, 0.29) is 24.5 Å². The zero-order valence-electron chi connectivity index (χ0n) is 22.4. The predicted molar refractivity (Wildman–Crippen MR) is 153 cm³/mol. The molecule has 2 N–H and O–H groups in total. The van der Waals surface area contributed by atoms with Crippen LogP contribution >= 0.6 is 11.6 Å². The summed E-state index contributed by atoms with van der Waals surface area (Å²) in [4.78, 5) is 8.64. The zero-order chi connectivity index (χ0) is 29.7. The average Bonchev–Trinajstić information content (AvgIpc) is 3.40. The first kappa shape index (κ1) is 29.3. The summed E-state index contributed by atoms with van der Waals surface area (Å²) in [5.74, 6) is 0.507. The fourth-order valence-electron chi connectivity index (χ4n) is 4.36. The molecule has 5 aromatic rings. The monoisotopic (exact) mass is 599 g/mol. The van der Waals surface area contributed by atoms with E-state index in [1.807, 2.05) is 0 Å². The molecule has 3 aromatic carbocycles. The summed E-state index contributed by atoms with van der Waals surface area (Å²) in [5, 5.41) is 7.10. The number of anilines is 2. The van der Waals surface area contributed by atoms with Crippen molar-refractivity contribution in [3.8, 4) is 11.4 Å². The zero-order valence-corrected chi connectivity index (χ0v) is 23.1. The van der Waals surface area contributed by atoms with E-state index >= 15 is 0 Å². The Labute approximate surface area is 244 Å². The van der Waals surface area contributed by atoms with Crippen LogP contribution < -0.4 is 15.4 Å². The van der Waals surface area contributed by atoms with Gasteiger partial charge in [-0.2, -0.15) is 13.2 Å². The lowest BCUT2D eigenvalue weighted by Gasteiger charge is -2.13. The number of halogens is 5. The van der Waals surface area contributed by atoms with Crippen LogP contribution in [0.1, 0.15) is 16.7 Å². The molecule has 7 nitrogen and oxygen atoms in total. The summed E-state index contributed by atoms with van der Waals surface area (Å²) in [6.45, 7) is 0.991. The molecule has 5 rings (SSSR count). The third-order valence-corrected chi connectivity index (χ3v) is 6.70. The lowest BCUT2D eigenvalue weighted by Crippen LogP contribution is -2.20. The van der Waals surface area contributed by atoms with Gasteiger partial charge < -0.3 is 24.7 Å². The van der Waals surface area contributed by atoms with Crippen LogP contribution in [0.4, 0.5) is 29.1 Å². The quantitative estimate of drug-likeness (QED) is 0.123. The molecule has 218 valence electrons. The predicted octanol–water partition coefficient (Wildman–Crippen LogP) is 7.29. The van der Waals surface area contributed by atoms with E-state index in [0.717, 1.165) is 6.20 Å². The first-order valence-electron chi connectivity index (χ1n) is 12.9. The van der Waals surface area contributed by atoms with Crippen LogP contribution in [0.25, 0.3) is 16.6 Å². The molecule has 0 atom stereocenters. The molecule has 0 aliphatic rings. The molecule has 12 heteroatoms. The van der Waals surface area contributed by atoms with Gasteiger partial charge >= 0.3 is 6.18 Å². The van der Waals surface area contributed by atoms with Gasteiger partial charge in [0.2, 0.25) is 0 Å². The van der Waals surface area contributed by atoms with E-state index in [1.165, 1.54) is 36.3 Å². The molecule has 2 aromatic heterocycles. The SMILES string of the molecule is COCCNCc1cn(-c2ccc3ncnc(Nc4ccc(OCc5cccc(F)c5)c(Cl)c4)c3c2)cc1C(F)(F)F. The van der Waals surface area contributed by atoms with E-state index in [2.05, 4.69) is 20.6 Å². The van der Waals surface area contributed by atoms with Crippen LogP contribution in [0.3, 0.4) is 0 Å². The van der Waals surface area contributed by atoms with Gasteiger partial charge in [-0.05, 0) is 59.7 Å². The summed E-state index contributed by atoms with van der Waals surface area (Å²) in [5.41, 5.74) is 1.78. The number of nitrogens with one attached hydrogen (secondary N) is 2. The smallest absolute Gasteiger partial charge is 0.418 e. The first-order valence-corrected chi connectivity index (χ1v) is 13.3. The Balaban J connectivity index is 1.38. The summed E-state index contributed by atoms with van der Waals surface area (Å²) in [6, 6.07) is 16.3. The second-order valence-electron chi connectivity index (χ2n) is 9.38. The minimum atomic E-state index is -4.51. The maximum absolute atomic E-state index is 13.8. The molecule has 0 saturated carbocycles. The molecule has 0 spiro atoms. The van der Waals surface area contributed by atoms with Crippen LogP contribution in [0.15, 0.2) is 79.4 Å². The Hall–Kier alpha value is -4.19. The normalized spacial score (nSPS) is 11.7. The number of aromatic nitrogens is 3. The molecule has 0 bridgehead atoms. The van der Waals surface area contributed by atoms with Gasteiger partial charge in [0.1, 0.15) is 30.3 Å². The first-order chi connectivity index (χ1) is 20.2. The van der Waals surface area contributed by atoms with Gasteiger partial charge in [0.15, 0.2) is 0 Å². The van der Waals surface area contributed by atoms with Crippen LogP contribution in [-0.4, -0.2) is 34.8 Å². The maximum atomic E-state index is 13.8. The molecule has 0 aliphatic carbocycles. The Bertz CT molecular complexity index is 1690. The van der Waals surface area contributed by atoms with Gasteiger partial charge in [-0.15, -0.1) is 0 Å². The third-order valence-electron chi connectivity index (χ3n) is 6.41. The largest absolute Gasteiger partial charge is 0.487 e. The van der Waals surface area contributed by atoms with Crippen molar-refractivity contribution in [2.75, 3.05) is 25.6 Å². The lowest BCUT2D eigenvalue weighted by molar-refractivity contribution is -0.138. The number of ether oxygens (including phenoxy) is 2. The van der Waals surface area contributed by atoms with Crippen LogP contribution in [0.2, 0.25) is 5.02 Å². The number of benzene rings is 3. The number of methoxy groups -OCH3 is 1. The van der Waals surface area contributed by atoms with Crippen molar-refractivity contribution in [1.29, 1.82) is 0 Å². The molecule has 0 fully saturated rings. The van der Waals surface area contributed by atoms with Crippen LogP contribution in [0, 0.1) is 5.82 Å². The Morgan fingerprint density at radius 1 is 1.00 bits per heavy atom. The highest BCUT2D eigenvalue weighted by molar-refractivity contribution is 6.32. The highest BCUT2D eigenvalue weighted by Gasteiger charge is 2.34. The van der Waals surface area contributed by atoms with Gasteiger partial charge in [-0.1, -0.05) is 23.7 Å². The summed E-state index contributed by atoms with van der Waals surface area (Å²) in [7, 11) is 1.53. The van der Waals surface area contributed by atoms with Crippen LogP contribution in [0.5, 0.6) is 5.75 Å². The summed E-state index contributed by atoms with van der Waals surface area (Å²) in [6.07, 6.45) is -0.580. The van der Waals surface area contributed by atoms with E-state index in [4.69, 9.17) is 21.1 Å². The molecule has 0 amide bonds. The molecule has 42 heavy (non-hydrogen) atoms. The number of alkyl halides is 3. The Morgan fingerprint density at radius 3 is 2.62 bits per heavy atom. The third kappa shape index (κ3) is 6.99. The van der Waals surface area contributed by atoms with Crippen molar-refractivity contribution in [2.45, 2.75) is 19.3 Å². The molecular weight excluding hydrogens is 574 g/mol. The number of rotatable bonds is 11. The van der Waals surface area contributed by atoms with Gasteiger partial charge in [0.05, 0.1) is 22.7 Å². The second kappa shape index (κ2) is 12.8. The highest BCUT2D eigenvalue weighted by atomic mass is 35.5. The standard InChI is InChI=1S/C30H26ClF4N5O2/c1-41-10-9-36-14-20-15-40(16-25(20)30(33,34)35)23-6-7-27-24(13-23)29(38-18-37-27)39-22-5-8-28(26(31)12-22)42-17-19-3-2-4-21(32)11-19/h2-8,11-13,15-16,18,36H,9-10,14,17H2,1H3,(H,37,38,39). The molecule has 0 aliphatic heterocycles. The number of hydrogen-bond acceptors (Lipinski definition) is 6. The van der Waals surface area contributed by atoms with E-state index in [0.29, 0.717) is 57.6 Å². The van der Waals surface area contributed by atoms with Gasteiger partial charge in [-0.25, -0.2) is 14.4 Å². The summed E-state index contributed by atoms with van der Waals surface area (Å²) >= 11 is 6.45. The maximum Gasteiger partial charge on any atom is 0.418 e.